The molecule has 0 saturated heterocycles. The molecule has 2 rings (SSSR count). The van der Waals surface area contributed by atoms with E-state index >= 15 is 0 Å². The number of rotatable bonds is 2. The Morgan fingerprint density at radius 2 is 1.00 bits per heavy atom. The van der Waals surface area contributed by atoms with Gasteiger partial charge >= 0.3 is 7.80 Å². The Balaban J connectivity index is 0.00000112. The predicted octanol–water partition coefficient (Wildman–Crippen LogP) is 2.46. The summed E-state index contributed by atoms with van der Waals surface area (Å²) in [6.07, 6.45) is 0. The Morgan fingerprint density at radius 1 is 0.667 bits per heavy atom. The fraction of sp³-hybridized carbons (Fsp3) is 0. The molecule has 0 amide bonds. The van der Waals surface area contributed by atoms with Gasteiger partial charge in [-0.15, -0.1) is 0 Å². The van der Waals surface area contributed by atoms with Gasteiger partial charge in [0, 0.05) is 17.1 Å². The van der Waals surface area contributed by atoms with Crippen molar-refractivity contribution < 1.29 is 21.6 Å². The number of hydrogen-bond acceptors (Lipinski definition) is 1. The van der Waals surface area contributed by atoms with E-state index in [1.165, 1.54) is 0 Å². The van der Waals surface area contributed by atoms with Gasteiger partial charge in [-0.3, -0.25) is 0 Å². The van der Waals surface area contributed by atoms with Crippen LogP contribution in [0.1, 0.15) is 0 Å². The van der Waals surface area contributed by atoms with Crippen molar-refractivity contribution in [3.63, 3.8) is 0 Å². The zero-order chi connectivity index (χ0) is 9.80. The molecule has 0 bridgehead atoms. The summed E-state index contributed by atoms with van der Waals surface area (Å²) in [4.78, 5) is 0. The summed E-state index contributed by atoms with van der Waals surface area (Å²) in [7, 11) is -1.42. The van der Waals surface area contributed by atoms with Gasteiger partial charge in [-0.1, -0.05) is 41.0 Å². The van der Waals surface area contributed by atoms with E-state index in [-0.39, 0.29) is 17.1 Å². The van der Waals surface area contributed by atoms with Gasteiger partial charge in [0.25, 0.3) is 0 Å². The molecule has 0 aliphatic rings. The van der Waals surface area contributed by atoms with Crippen LogP contribution >= 0.6 is 7.80 Å². The molecule has 2 aromatic rings. The van der Waals surface area contributed by atoms with E-state index < -0.39 is 7.80 Å². The van der Waals surface area contributed by atoms with Gasteiger partial charge in [-0.2, -0.15) is 0 Å². The first-order valence-electron chi connectivity index (χ1n) is 4.45. The second-order valence-electron chi connectivity index (χ2n) is 2.97. The quantitative estimate of drug-likeness (QED) is 0.596. The third-order valence-corrected chi connectivity index (χ3v) is 3.52. The van der Waals surface area contributed by atoms with Crippen molar-refractivity contribution in [2.45, 2.75) is 0 Å². The van der Waals surface area contributed by atoms with Gasteiger partial charge in [0.15, 0.2) is 10.6 Å². The summed E-state index contributed by atoms with van der Waals surface area (Å²) in [6, 6.07) is 19.1. The van der Waals surface area contributed by atoms with Crippen LogP contribution in [0.4, 0.5) is 0 Å². The Bertz CT molecular complexity index is 386. The van der Waals surface area contributed by atoms with Gasteiger partial charge in [0.05, 0.1) is 0 Å². The zero-order valence-corrected chi connectivity index (χ0v) is 9.98. The largest absolute Gasteiger partial charge is 0.415 e. The van der Waals surface area contributed by atoms with Gasteiger partial charge in [0.2, 0.25) is 0 Å². The molecular formula is C12H10FeOP+. The van der Waals surface area contributed by atoms with E-state index in [0.717, 1.165) is 10.6 Å². The van der Waals surface area contributed by atoms with Crippen LogP contribution in [0.5, 0.6) is 0 Å². The van der Waals surface area contributed by atoms with E-state index in [0.29, 0.717) is 0 Å². The number of hydrogen-bond donors (Lipinski definition) is 0. The molecule has 0 radical (unpaired) electrons. The molecule has 0 atom stereocenters. The summed E-state index contributed by atoms with van der Waals surface area (Å²) in [5.41, 5.74) is 0. The SMILES string of the molecule is O=[P+](c1ccccc1)c1ccccc1.[Fe]. The van der Waals surface area contributed by atoms with E-state index in [1.54, 1.807) is 0 Å². The molecular weight excluding hydrogens is 247 g/mol. The van der Waals surface area contributed by atoms with Crippen molar-refractivity contribution in [2.75, 3.05) is 0 Å². The van der Waals surface area contributed by atoms with Crippen LogP contribution < -0.4 is 10.6 Å². The molecule has 2 aromatic carbocycles. The van der Waals surface area contributed by atoms with E-state index in [1.807, 2.05) is 60.7 Å². The summed E-state index contributed by atoms with van der Waals surface area (Å²) < 4.78 is 12.0. The topological polar surface area (TPSA) is 17.1 Å². The Kier molecular flexibility index (Phi) is 4.71. The molecule has 0 spiro atoms. The third-order valence-electron chi connectivity index (χ3n) is 1.98. The molecule has 76 valence electrons. The molecule has 0 fully saturated rings. The standard InChI is InChI=1S/C12H10OP.Fe/c13-14(11-7-3-1-4-8-11)12-9-5-2-6-10-12;/h1-10H;/q+1;. The molecule has 0 saturated carbocycles. The smallest absolute Gasteiger partial charge is 0.0619 e. The molecule has 1 nitrogen and oxygen atoms in total. The Morgan fingerprint density at radius 3 is 1.33 bits per heavy atom. The van der Waals surface area contributed by atoms with Crippen LogP contribution in [0.25, 0.3) is 0 Å². The average molecular weight is 257 g/mol. The van der Waals surface area contributed by atoms with Crippen molar-refractivity contribution in [1.29, 1.82) is 0 Å². The fourth-order valence-electron chi connectivity index (χ4n) is 1.28. The minimum absolute atomic E-state index is 0. The van der Waals surface area contributed by atoms with Crippen molar-refractivity contribution >= 4 is 18.4 Å². The van der Waals surface area contributed by atoms with Crippen LogP contribution in [0.15, 0.2) is 60.7 Å². The van der Waals surface area contributed by atoms with E-state index in [4.69, 9.17) is 0 Å². The third kappa shape index (κ3) is 3.00. The second kappa shape index (κ2) is 5.82. The second-order valence-corrected chi connectivity index (χ2v) is 4.59. The van der Waals surface area contributed by atoms with Crippen LogP contribution in [0, 0.1) is 0 Å². The van der Waals surface area contributed by atoms with Gasteiger partial charge in [-0.05, 0) is 24.3 Å². The van der Waals surface area contributed by atoms with Crippen molar-refractivity contribution in [1.82, 2.24) is 0 Å². The Labute approximate surface area is 101 Å². The first kappa shape index (κ1) is 12.1. The van der Waals surface area contributed by atoms with Gasteiger partial charge < -0.3 is 0 Å². The van der Waals surface area contributed by atoms with Crippen LogP contribution in [-0.2, 0) is 21.6 Å². The minimum Gasteiger partial charge on any atom is -0.0619 e. The fourth-order valence-corrected chi connectivity index (χ4v) is 2.46. The average Bonchev–Trinajstić information content (AvgIpc) is 2.30. The summed E-state index contributed by atoms with van der Waals surface area (Å²) in [5, 5.41) is 1.77. The summed E-state index contributed by atoms with van der Waals surface area (Å²) in [5.74, 6) is 0. The minimum atomic E-state index is -1.42. The maximum absolute atomic E-state index is 12.0. The zero-order valence-electron chi connectivity index (χ0n) is 7.98. The summed E-state index contributed by atoms with van der Waals surface area (Å²) >= 11 is 0. The van der Waals surface area contributed by atoms with Gasteiger partial charge in [0.1, 0.15) is 0 Å². The van der Waals surface area contributed by atoms with Gasteiger partial charge in [-0.25, -0.2) is 0 Å². The summed E-state index contributed by atoms with van der Waals surface area (Å²) in [6.45, 7) is 0. The van der Waals surface area contributed by atoms with Crippen molar-refractivity contribution in [3.8, 4) is 0 Å². The molecule has 0 aliphatic carbocycles. The molecule has 0 unspecified atom stereocenters. The van der Waals surface area contributed by atoms with Crippen molar-refractivity contribution in [3.05, 3.63) is 60.7 Å². The monoisotopic (exact) mass is 257 g/mol. The van der Waals surface area contributed by atoms with E-state index in [2.05, 4.69) is 0 Å². The van der Waals surface area contributed by atoms with Crippen LogP contribution in [-0.4, -0.2) is 0 Å². The molecule has 0 heterocycles. The molecule has 3 heteroatoms. The number of benzene rings is 2. The molecule has 0 aromatic heterocycles. The van der Waals surface area contributed by atoms with Crippen molar-refractivity contribution in [2.24, 2.45) is 0 Å². The maximum Gasteiger partial charge on any atom is 0.415 e. The Hall–Kier alpha value is -0.941. The van der Waals surface area contributed by atoms with Crippen LogP contribution in [0.3, 0.4) is 0 Å². The van der Waals surface area contributed by atoms with Crippen LogP contribution in [0.2, 0.25) is 0 Å². The maximum atomic E-state index is 12.0. The normalized spacial score (nSPS) is 9.07. The molecule has 15 heavy (non-hydrogen) atoms. The molecule has 0 N–H and O–H groups in total. The first-order valence-corrected chi connectivity index (χ1v) is 5.71. The predicted molar refractivity (Wildman–Crippen MR) is 59.8 cm³/mol. The first-order chi connectivity index (χ1) is 6.88. The molecule has 0 aliphatic heterocycles. The van der Waals surface area contributed by atoms with E-state index in [9.17, 15) is 4.57 Å².